The van der Waals surface area contributed by atoms with Crippen LogP contribution in [0.5, 0.6) is 0 Å². The van der Waals surface area contributed by atoms with Crippen LogP contribution in [0.15, 0.2) is 12.2 Å². The predicted octanol–water partition coefficient (Wildman–Crippen LogP) is 4.41. The van der Waals surface area contributed by atoms with Crippen LogP contribution < -0.4 is 0 Å². The number of aliphatic hydroxyl groups excluding tert-OH is 3. The molecule has 0 aromatic heterocycles. The molecule has 1 aliphatic rings. The van der Waals surface area contributed by atoms with Crippen LogP contribution in [0, 0.1) is 0 Å². The highest BCUT2D eigenvalue weighted by molar-refractivity contribution is 5.81. The minimum Gasteiger partial charge on any atom is -0.460 e. The fourth-order valence-corrected chi connectivity index (χ4v) is 4.03. The maximum Gasteiger partial charge on any atom is 0.330 e. The average Bonchev–Trinajstić information content (AvgIpc) is 2.81. The van der Waals surface area contributed by atoms with E-state index in [0.717, 1.165) is 19.3 Å². The van der Waals surface area contributed by atoms with E-state index in [9.17, 15) is 20.1 Å². The van der Waals surface area contributed by atoms with Crippen LogP contribution >= 0.6 is 0 Å². The van der Waals surface area contributed by atoms with E-state index in [2.05, 4.69) is 6.92 Å². The Morgan fingerprint density at radius 1 is 0.788 bits per heavy atom. The maximum atomic E-state index is 11.9. The third kappa shape index (κ3) is 13.5. The van der Waals surface area contributed by atoms with E-state index in [4.69, 9.17) is 14.2 Å². The SMILES string of the molecule is CCCCCCCCCCCCCCCC=CC(=O)OC[C@H]1OC(OCC)[C@H](O)[C@@H](O)[C@@H]1O. The molecule has 0 radical (unpaired) electrons. The largest absolute Gasteiger partial charge is 0.460 e. The molecule has 1 saturated heterocycles. The molecule has 33 heavy (non-hydrogen) atoms. The summed E-state index contributed by atoms with van der Waals surface area (Å²) in [7, 11) is 0. The van der Waals surface area contributed by atoms with Crippen molar-refractivity contribution in [1.29, 1.82) is 0 Å². The van der Waals surface area contributed by atoms with Gasteiger partial charge in [0, 0.05) is 12.7 Å². The number of carbonyl (C=O) groups is 1. The van der Waals surface area contributed by atoms with Crippen LogP contribution in [-0.2, 0) is 19.0 Å². The number of hydrogen-bond acceptors (Lipinski definition) is 7. The highest BCUT2D eigenvalue weighted by Gasteiger charge is 2.44. The fraction of sp³-hybridized carbons (Fsp3) is 0.885. The molecule has 0 saturated carbocycles. The van der Waals surface area contributed by atoms with Gasteiger partial charge in [-0.2, -0.15) is 0 Å². The lowest BCUT2D eigenvalue weighted by molar-refractivity contribution is -0.300. The van der Waals surface area contributed by atoms with Gasteiger partial charge in [-0.25, -0.2) is 4.79 Å². The molecule has 3 N–H and O–H groups in total. The number of esters is 1. The first-order valence-electron chi connectivity index (χ1n) is 13.2. The molecule has 1 aliphatic heterocycles. The molecule has 1 rings (SSSR count). The molecule has 0 bridgehead atoms. The molecular formula is C26H48O7. The standard InChI is InChI=1S/C26H48O7/c1-3-5-6-7-8-9-10-11-12-13-14-15-16-17-18-19-22(27)32-20-21-23(28)24(29)25(30)26(33-21)31-4-2/h18-19,21,23-26,28-30H,3-17,20H2,1-2H3/t21-,23-,24+,25-,26?/m1/s1. The van der Waals surface area contributed by atoms with Gasteiger partial charge in [-0.1, -0.05) is 90.0 Å². The first-order chi connectivity index (χ1) is 16.0. The lowest BCUT2D eigenvalue weighted by atomic mass is 9.99. The zero-order valence-corrected chi connectivity index (χ0v) is 20.8. The topological polar surface area (TPSA) is 105 Å². The number of carbonyl (C=O) groups excluding carboxylic acids is 1. The van der Waals surface area contributed by atoms with Crippen molar-refractivity contribution in [3.05, 3.63) is 12.2 Å². The number of hydrogen-bond donors (Lipinski definition) is 3. The Morgan fingerprint density at radius 3 is 1.88 bits per heavy atom. The van der Waals surface area contributed by atoms with Crippen molar-refractivity contribution in [3.63, 3.8) is 0 Å². The first-order valence-corrected chi connectivity index (χ1v) is 13.2. The molecule has 7 heteroatoms. The highest BCUT2D eigenvalue weighted by Crippen LogP contribution is 2.22. The molecule has 0 amide bonds. The van der Waals surface area contributed by atoms with E-state index in [-0.39, 0.29) is 13.2 Å². The Kier molecular flexibility index (Phi) is 17.6. The van der Waals surface area contributed by atoms with Crippen LogP contribution in [0.2, 0.25) is 0 Å². The van der Waals surface area contributed by atoms with E-state index < -0.39 is 36.7 Å². The van der Waals surface area contributed by atoms with E-state index in [1.807, 2.05) is 0 Å². The molecule has 0 aromatic carbocycles. The van der Waals surface area contributed by atoms with Gasteiger partial charge in [0.05, 0.1) is 0 Å². The zero-order valence-electron chi connectivity index (χ0n) is 20.8. The van der Waals surface area contributed by atoms with E-state index in [0.29, 0.717) is 0 Å². The second-order valence-electron chi connectivity index (χ2n) is 9.03. The van der Waals surface area contributed by atoms with Crippen LogP contribution in [0.1, 0.15) is 104 Å². The third-order valence-corrected chi connectivity index (χ3v) is 6.12. The molecule has 1 heterocycles. The predicted molar refractivity (Wildman–Crippen MR) is 129 cm³/mol. The van der Waals surface area contributed by atoms with Crippen molar-refractivity contribution in [3.8, 4) is 0 Å². The summed E-state index contributed by atoms with van der Waals surface area (Å²) in [6, 6.07) is 0. The molecule has 7 nitrogen and oxygen atoms in total. The van der Waals surface area contributed by atoms with E-state index in [1.54, 1.807) is 13.0 Å². The van der Waals surface area contributed by atoms with Crippen molar-refractivity contribution in [1.82, 2.24) is 0 Å². The normalized spacial score (nSPS) is 25.5. The van der Waals surface area contributed by atoms with Crippen molar-refractivity contribution >= 4 is 5.97 Å². The van der Waals surface area contributed by atoms with Crippen molar-refractivity contribution in [2.24, 2.45) is 0 Å². The third-order valence-electron chi connectivity index (χ3n) is 6.12. The van der Waals surface area contributed by atoms with Crippen LogP contribution in [-0.4, -0.2) is 65.2 Å². The second-order valence-corrected chi connectivity index (χ2v) is 9.03. The Bertz CT molecular complexity index is 511. The maximum absolute atomic E-state index is 11.9. The van der Waals surface area contributed by atoms with Crippen LogP contribution in [0.25, 0.3) is 0 Å². The lowest BCUT2D eigenvalue weighted by Crippen LogP contribution is -2.59. The lowest BCUT2D eigenvalue weighted by Gasteiger charge is -2.39. The minimum atomic E-state index is -1.43. The summed E-state index contributed by atoms with van der Waals surface area (Å²) in [6.07, 6.45) is 14.9. The minimum absolute atomic E-state index is 0.226. The van der Waals surface area contributed by atoms with Gasteiger partial charge in [0.15, 0.2) is 6.29 Å². The number of allylic oxidation sites excluding steroid dienone is 1. The summed E-state index contributed by atoms with van der Waals surface area (Å²) < 4.78 is 15.8. The van der Waals surface area contributed by atoms with Crippen molar-refractivity contribution < 1.29 is 34.3 Å². The second kappa shape index (κ2) is 19.3. The van der Waals surface area contributed by atoms with Crippen LogP contribution in [0.4, 0.5) is 0 Å². The fourth-order valence-electron chi connectivity index (χ4n) is 4.03. The summed E-state index contributed by atoms with van der Waals surface area (Å²) in [5, 5.41) is 29.8. The first kappa shape index (κ1) is 30.0. The zero-order chi connectivity index (χ0) is 24.3. The summed E-state index contributed by atoms with van der Waals surface area (Å²) in [6.45, 7) is 4.03. The molecule has 1 unspecified atom stereocenters. The van der Waals surface area contributed by atoms with E-state index >= 15 is 0 Å². The van der Waals surface area contributed by atoms with Gasteiger partial charge in [-0.05, 0) is 19.8 Å². The van der Waals surface area contributed by atoms with Gasteiger partial charge < -0.3 is 29.5 Å². The monoisotopic (exact) mass is 472 g/mol. The summed E-state index contributed by atoms with van der Waals surface area (Å²) >= 11 is 0. The van der Waals surface area contributed by atoms with Gasteiger partial charge in [-0.15, -0.1) is 0 Å². The Morgan fingerprint density at radius 2 is 1.33 bits per heavy atom. The van der Waals surface area contributed by atoms with Crippen molar-refractivity contribution in [2.45, 2.75) is 134 Å². The van der Waals surface area contributed by atoms with Crippen molar-refractivity contribution in [2.75, 3.05) is 13.2 Å². The Hall–Kier alpha value is -0.990. The van der Waals surface area contributed by atoms with E-state index in [1.165, 1.54) is 76.7 Å². The Labute approximate surface area is 200 Å². The molecule has 0 aromatic rings. The molecule has 194 valence electrons. The summed E-state index contributed by atoms with van der Waals surface area (Å²) in [4.78, 5) is 11.9. The van der Waals surface area contributed by atoms with Gasteiger partial charge >= 0.3 is 5.97 Å². The molecular weight excluding hydrogens is 424 g/mol. The van der Waals surface area contributed by atoms with Gasteiger partial charge in [0.2, 0.25) is 0 Å². The van der Waals surface area contributed by atoms with Gasteiger partial charge in [-0.3, -0.25) is 0 Å². The van der Waals surface area contributed by atoms with Crippen LogP contribution in [0.3, 0.4) is 0 Å². The number of aliphatic hydroxyl groups is 3. The smallest absolute Gasteiger partial charge is 0.330 e. The average molecular weight is 473 g/mol. The molecule has 0 aliphatic carbocycles. The van der Waals surface area contributed by atoms with Gasteiger partial charge in [0.25, 0.3) is 0 Å². The summed E-state index contributed by atoms with van der Waals surface area (Å²) in [5.41, 5.74) is 0. The molecule has 5 atom stereocenters. The summed E-state index contributed by atoms with van der Waals surface area (Å²) in [5.74, 6) is -0.519. The van der Waals surface area contributed by atoms with Gasteiger partial charge in [0.1, 0.15) is 31.0 Å². The number of ether oxygens (including phenoxy) is 3. The molecule has 1 fully saturated rings. The quantitative estimate of drug-likeness (QED) is 0.145. The Balaban J connectivity index is 2.02. The highest BCUT2D eigenvalue weighted by atomic mass is 16.7. The number of unbranched alkanes of at least 4 members (excludes halogenated alkanes) is 13. The molecule has 0 spiro atoms. The number of rotatable bonds is 19.